The van der Waals surface area contributed by atoms with E-state index in [0.717, 1.165) is 5.56 Å². The quantitative estimate of drug-likeness (QED) is 0.616. The summed E-state index contributed by atoms with van der Waals surface area (Å²) in [7, 11) is 0. The van der Waals surface area contributed by atoms with Crippen molar-refractivity contribution in [2.75, 3.05) is 6.54 Å². The van der Waals surface area contributed by atoms with E-state index in [1.165, 1.54) is 12.1 Å². The van der Waals surface area contributed by atoms with Gasteiger partial charge in [0.1, 0.15) is 0 Å². The highest BCUT2D eigenvalue weighted by atomic mass is 35.5. The topological polar surface area (TPSA) is 98.3 Å². The van der Waals surface area contributed by atoms with Gasteiger partial charge in [-0.15, -0.1) is 12.4 Å². The lowest BCUT2D eigenvalue weighted by atomic mass is 10.0. The van der Waals surface area contributed by atoms with Crippen molar-refractivity contribution < 1.29 is 9.72 Å². The number of amides is 1. The molecule has 7 heteroatoms. The van der Waals surface area contributed by atoms with Crippen LogP contribution in [0, 0.1) is 16.0 Å². The average molecular weight is 302 g/mol. The number of nitrogens with one attached hydrogen (secondary N) is 1. The van der Waals surface area contributed by atoms with Crippen LogP contribution >= 0.6 is 12.4 Å². The molecule has 1 aromatic carbocycles. The first kappa shape index (κ1) is 18.3. The molecule has 0 aliphatic heterocycles. The van der Waals surface area contributed by atoms with E-state index in [1.54, 1.807) is 12.1 Å². The molecule has 1 aromatic rings. The van der Waals surface area contributed by atoms with Gasteiger partial charge in [-0.2, -0.15) is 0 Å². The van der Waals surface area contributed by atoms with Crippen LogP contribution in [0.4, 0.5) is 5.69 Å². The summed E-state index contributed by atoms with van der Waals surface area (Å²) in [6, 6.07) is 5.78. The SMILES string of the molecule is CC(C)C(N)C(=O)NCCc1ccc([N+](=O)[O-])cc1.Cl. The molecule has 0 fully saturated rings. The summed E-state index contributed by atoms with van der Waals surface area (Å²) in [5.74, 6) is -0.0729. The van der Waals surface area contributed by atoms with Crippen molar-refractivity contribution in [1.82, 2.24) is 5.32 Å². The van der Waals surface area contributed by atoms with Gasteiger partial charge in [0, 0.05) is 18.7 Å². The van der Waals surface area contributed by atoms with Crippen LogP contribution in [-0.2, 0) is 11.2 Å². The first-order valence-electron chi connectivity index (χ1n) is 6.18. The zero-order valence-electron chi connectivity index (χ0n) is 11.5. The largest absolute Gasteiger partial charge is 0.354 e. The summed E-state index contributed by atoms with van der Waals surface area (Å²) in [5.41, 5.74) is 6.70. The fourth-order valence-electron chi connectivity index (χ4n) is 1.53. The molecule has 0 aliphatic carbocycles. The maximum absolute atomic E-state index is 11.6. The van der Waals surface area contributed by atoms with Gasteiger partial charge in [-0.25, -0.2) is 0 Å². The highest BCUT2D eigenvalue weighted by Gasteiger charge is 2.16. The van der Waals surface area contributed by atoms with Crippen molar-refractivity contribution in [1.29, 1.82) is 0 Å². The second-order valence-electron chi connectivity index (χ2n) is 4.73. The van der Waals surface area contributed by atoms with Crippen LogP contribution in [0.2, 0.25) is 0 Å². The normalized spacial score (nSPS) is 11.6. The molecule has 0 bridgehead atoms. The van der Waals surface area contributed by atoms with Crippen molar-refractivity contribution in [2.24, 2.45) is 11.7 Å². The van der Waals surface area contributed by atoms with E-state index < -0.39 is 11.0 Å². The van der Waals surface area contributed by atoms with Gasteiger partial charge in [0.2, 0.25) is 5.91 Å². The average Bonchev–Trinajstić information content (AvgIpc) is 2.38. The summed E-state index contributed by atoms with van der Waals surface area (Å²) in [4.78, 5) is 21.6. The predicted octanol–water partition coefficient (Wildman–Crippen LogP) is 1.66. The summed E-state index contributed by atoms with van der Waals surface area (Å²) < 4.78 is 0. The van der Waals surface area contributed by atoms with E-state index in [4.69, 9.17) is 5.73 Å². The standard InChI is InChI=1S/C13H19N3O3.ClH/c1-9(2)12(14)13(17)15-8-7-10-3-5-11(6-4-10)16(18)19;/h3-6,9,12H,7-8,14H2,1-2H3,(H,15,17);1H. The van der Waals surface area contributed by atoms with Crippen molar-refractivity contribution in [3.8, 4) is 0 Å². The predicted molar refractivity (Wildman–Crippen MR) is 79.9 cm³/mol. The van der Waals surface area contributed by atoms with Gasteiger partial charge < -0.3 is 11.1 Å². The number of non-ortho nitro benzene ring substituents is 1. The highest BCUT2D eigenvalue weighted by molar-refractivity contribution is 5.85. The van der Waals surface area contributed by atoms with Crippen molar-refractivity contribution in [2.45, 2.75) is 26.3 Å². The summed E-state index contributed by atoms with van der Waals surface area (Å²) >= 11 is 0. The summed E-state index contributed by atoms with van der Waals surface area (Å²) in [6.07, 6.45) is 0.620. The van der Waals surface area contributed by atoms with E-state index in [1.807, 2.05) is 13.8 Å². The molecule has 0 radical (unpaired) electrons. The lowest BCUT2D eigenvalue weighted by Gasteiger charge is -2.15. The van der Waals surface area contributed by atoms with Gasteiger partial charge in [0.05, 0.1) is 11.0 Å². The molecule has 20 heavy (non-hydrogen) atoms. The number of halogens is 1. The minimum absolute atomic E-state index is 0. The van der Waals surface area contributed by atoms with Crippen LogP contribution in [-0.4, -0.2) is 23.4 Å². The van der Waals surface area contributed by atoms with Crippen LogP contribution in [0.25, 0.3) is 0 Å². The number of nitrogens with two attached hydrogens (primary N) is 1. The first-order chi connectivity index (χ1) is 8.91. The molecule has 1 amide bonds. The van der Waals surface area contributed by atoms with Gasteiger partial charge in [-0.05, 0) is 17.9 Å². The van der Waals surface area contributed by atoms with E-state index in [2.05, 4.69) is 5.32 Å². The Labute approximate surface area is 124 Å². The molecule has 6 nitrogen and oxygen atoms in total. The Balaban J connectivity index is 0.00000361. The number of nitro groups is 1. The Hall–Kier alpha value is -1.66. The zero-order chi connectivity index (χ0) is 14.4. The third-order valence-corrected chi connectivity index (χ3v) is 2.88. The number of nitrogens with zero attached hydrogens (tertiary/aromatic N) is 1. The molecule has 3 N–H and O–H groups in total. The van der Waals surface area contributed by atoms with E-state index in [9.17, 15) is 14.9 Å². The molecule has 0 heterocycles. The van der Waals surface area contributed by atoms with E-state index in [0.29, 0.717) is 13.0 Å². The van der Waals surface area contributed by atoms with Gasteiger partial charge >= 0.3 is 0 Å². The maximum Gasteiger partial charge on any atom is 0.269 e. The molecule has 112 valence electrons. The molecule has 0 saturated heterocycles. The van der Waals surface area contributed by atoms with Crippen LogP contribution in [0.3, 0.4) is 0 Å². The minimum Gasteiger partial charge on any atom is -0.354 e. The van der Waals surface area contributed by atoms with E-state index in [-0.39, 0.29) is 29.9 Å². The van der Waals surface area contributed by atoms with Crippen LogP contribution in [0.15, 0.2) is 24.3 Å². The van der Waals surface area contributed by atoms with Crippen LogP contribution < -0.4 is 11.1 Å². The molecule has 1 unspecified atom stereocenters. The third-order valence-electron chi connectivity index (χ3n) is 2.88. The van der Waals surface area contributed by atoms with Crippen molar-refractivity contribution in [3.05, 3.63) is 39.9 Å². The second-order valence-corrected chi connectivity index (χ2v) is 4.73. The number of benzene rings is 1. The van der Waals surface area contributed by atoms with Gasteiger partial charge in [0.25, 0.3) is 5.69 Å². The van der Waals surface area contributed by atoms with Crippen LogP contribution in [0.5, 0.6) is 0 Å². The molecule has 0 saturated carbocycles. The number of hydrogen-bond acceptors (Lipinski definition) is 4. The third kappa shape index (κ3) is 5.54. The Morgan fingerprint density at radius 1 is 1.35 bits per heavy atom. The Morgan fingerprint density at radius 2 is 1.90 bits per heavy atom. The van der Waals surface area contributed by atoms with Crippen LogP contribution in [0.1, 0.15) is 19.4 Å². The van der Waals surface area contributed by atoms with Gasteiger partial charge in [-0.3, -0.25) is 14.9 Å². The summed E-state index contributed by atoms with van der Waals surface area (Å²) in [6.45, 7) is 4.25. The monoisotopic (exact) mass is 301 g/mol. The Bertz CT molecular complexity index is 449. The molecular formula is C13H20ClN3O3. The number of hydrogen-bond donors (Lipinski definition) is 2. The van der Waals surface area contributed by atoms with Crippen molar-refractivity contribution >= 4 is 24.0 Å². The lowest BCUT2D eigenvalue weighted by Crippen LogP contribution is -2.44. The first-order valence-corrected chi connectivity index (χ1v) is 6.18. The van der Waals surface area contributed by atoms with E-state index >= 15 is 0 Å². The molecule has 1 rings (SSSR count). The van der Waals surface area contributed by atoms with Gasteiger partial charge in [-0.1, -0.05) is 26.0 Å². The maximum atomic E-state index is 11.6. The number of rotatable bonds is 6. The molecule has 0 spiro atoms. The molecule has 0 aromatic heterocycles. The molecule has 0 aliphatic rings. The smallest absolute Gasteiger partial charge is 0.269 e. The minimum atomic E-state index is -0.503. The lowest BCUT2D eigenvalue weighted by molar-refractivity contribution is -0.384. The fourth-order valence-corrected chi connectivity index (χ4v) is 1.53. The molecule has 1 atom stereocenters. The number of carbonyl (C=O) groups excluding carboxylic acids is 1. The van der Waals surface area contributed by atoms with Gasteiger partial charge in [0.15, 0.2) is 0 Å². The summed E-state index contributed by atoms with van der Waals surface area (Å²) in [5, 5.41) is 13.2. The molecular weight excluding hydrogens is 282 g/mol. The second kappa shape index (κ2) is 8.50. The number of nitro benzene ring substituents is 1. The highest BCUT2D eigenvalue weighted by Crippen LogP contribution is 2.11. The Kier molecular flexibility index (Phi) is 7.79. The Morgan fingerprint density at radius 3 is 2.35 bits per heavy atom. The number of carbonyl (C=O) groups is 1. The van der Waals surface area contributed by atoms with Crippen molar-refractivity contribution in [3.63, 3.8) is 0 Å². The fraction of sp³-hybridized carbons (Fsp3) is 0.462. The zero-order valence-corrected chi connectivity index (χ0v) is 12.4.